The molecule has 76 valence electrons. The van der Waals surface area contributed by atoms with E-state index in [0.29, 0.717) is 5.38 Å². The Bertz CT molecular complexity index is 306. The Morgan fingerprint density at radius 1 is 1.43 bits per heavy atom. The summed E-state index contributed by atoms with van der Waals surface area (Å²) in [6, 6.07) is 4.16. The van der Waals surface area contributed by atoms with E-state index >= 15 is 0 Å². The third-order valence-electron chi connectivity index (χ3n) is 2.65. The van der Waals surface area contributed by atoms with E-state index in [1.165, 1.54) is 5.56 Å². The van der Waals surface area contributed by atoms with Gasteiger partial charge in [-0.25, -0.2) is 4.98 Å². The van der Waals surface area contributed by atoms with E-state index in [4.69, 9.17) is 11.6 Å². The fourth-order valence-electron chi connectivity index (χ4n) is 1.77. The van der Waals surface area contributed by atoms with Crippen molar-refractivity contribution in [3.8, 4) is 0 Å². The topological polar surface area (TPSA) is 16.1 Å². The summed E-state index contributed by atoms with van der Waals surface area (Å²) in [5.41, 5.74) is 1.27. The molecular formula is C11H15ClN2. The molecule has 0 saturated carbocycles. The predicted molar refractivity (Wildman–Crippen MR) is 60.1 cm³/mol. The zero-order chi connectivity index (χ0) is 9.97. The number of hydrogen-bond acceptors (Lipinski definition) is 2. The lowest BCUT2D eigenvalue weighted by Gasteiger charge is -2.30. The molecule has 2 nitrogen and oxygen atoms in total. The Morgan fingerprint density at radius 2 is 2.14 bits per heavy atom. The molecule has 0 amide bonds. The fraction of sp³-hybridized carbons (Fsp3) is 0.545. The Labute approximate surface area is 89.9 Å². The fourth-order valence-corrected chi connectivity index (χ4v) is 1.97. The van der Waals surface area contributed by atoms with Crippen LogP contribution in [0.2, 0.25) is 0 Å². The van der Waals surface area contributed by atoms with E-state index in [1.54, 1.807) is 0 Å². The molecule has 1 aliphatic heterocycles. The first kappa shape index (κ1) is 9.78. The Hall–Kier alpha value is -0.760. The minimum atomic E-state index is 0.357. The number of nitrogens with zero attached hydrogens (tertiary/aromatic N) is 2. The first-order valence-corrected chi connectivity index (χ1v) is 5.51. The van der Waals surface area contributed by atoms with Crippen molar-refractivity contribution in [3.63, 3.8) is 0 Å². The molecule has 0 atom stereocenters. The highest BCUT2D eigenvalue weighted by Gasteiger charge is 2.17. The second-order valence-electron chi connectivity index (χ2n) is 3.85. The monoisotopic (exact) mass is 210 g/mol. The number of alkyl halides is 1. The van der Waals surface area contributed by atoms with Crippen LogP contribution in [-0.4, -0.2) is 23.5 Å². The summed E-state index contributed by atoms with van der Waals surface area (Å²) in [7, 11) is 0. The van der Waals surface area contributed by atoms with Crippen LogP contribution in [-0.2, 0) is 0 Å². The van der Waals surface area contributed by atoms with Crippen LogP contribution < -0.4 is 4.90 Å². The molecule has 1 aliphatic rings. The van der Waals surface area contributed by atoms with E-state index in [2.05, 4.69) is 22.9 Å². The summed E-state index contributed by atoms with van der Waals surface area (Å²) in [5.74, 6) is 1.09. The Balaban J connectivity index is 2.08. The van der Waals surface area contributed by atoms with Crippen molar-refractivity contribution >= 4 is 17.4 Å². The summed E-state index contributed by atoms with van der Waals surface area (Å²) < 4.78 is 0. The highest BCUT2D eigenvalue weighted by atomic mass is 35.5. The number of hydrogen-bond donors (Lipinski definition) is 0. The molecule has 0 radical (unpaired) electrons. The molecule has 1 aromatic heterocycles. The van der Waals surface area contributed by atoms with Gasteiger partial charge in [0.25, 0.3) is 0 Å². The Morgan fingerprint density at radius 3 is 2.79 bits per heavy atom. The number of pyridine rings is 1. The van der Waals surface area contributed by atoms with Gasteiger partial charge in [-0.15, -0.1) is 11.6 Å². The second-order valence-corrected chi connectivity index (χ2v) is 4.47. The number of anilines is 1. The SMILES string of the molecule is Cc1ccnc(N2CCC(Cl)CC2)c1. The lowest BCUT2D eigenvalue weighted by atomic mass is 10.1. The molecule has 0 unspecified atom stereocenters. The summed E-state index contributed by atoms with van der Waals surface area (Å²) in [4.78, 5) is 6.68. The van der Waals surface area contributed by atoms with Crippen molar-refractivity contribution in [2.24, 2.45) is 0 Å². The number of halogens is 1. The second kappa shape index (κ2) is 4.18. The van der Waals surface area contributed by atoms with Crippen LogP contribution in [0.25, 0.3) is 0 Å². The normalized spacial score (nSPS) is 18.6. The van der Waals surface area contributed by atoms with Crippen LogP contribution in [0.3, 0.4) is 0 Å². The van der Waals surface area contributed by atoms with Gasteiger partial charge in [0.15, 0.2) is 0 Å². The Kier molecular flexibility index (Phi) is 2.92. The van der Waals surface area contributed by atoms with Gasteiger partial charge >= 0.3 is 0 Å². The van der Waals surface area contributed by atoms with Gasteiger partial charge in [-0.05, 0) is 37.5 Å². The van der Waals surface area contributed by atoms with Crippen molar-refractivity contribution in [3.05, 3.63) is 23.9 Å². The maximum Gasteiger partial charge on any atom is 0.128 e. The number of aromatic nitrogens is 1. The van der Waals surface area contributed by atoms with Gasteiger partial charge in [-0.2, -0.15) is 0 Å². The first-order valence-electron chi connectivity index (χ1n) is 5.07. The number of aryl methyl sites for hydroxylation is 1. The van der Waals surface area contributed by atoms with Gasteiger partial charge in [-0.1, -0.05) is 0 Å². The number of piperidine rings is 1. The van der Waals surface area contributed by atoms with Crippen molar-refractivity contribution < 1.29 is 0 Å². The molecule has 0 aromatic carbocycles. The summed E-state index contributed by atoms with van der Waals surface area (Å²) >= 11 is 6.05. The van der Waals surface area contributed by atoms with Gasteiger partial charge in [0.2, 0.25) is 0 Å². The molecule has 0 N–H and O–H groups in total. The van der Waals surface area contributed by atoms with E-state index in [9.17, 15) is 0 Å². The molecule has 2 heterocycles. The third kappa shape index (κ3) is 2.18. The summed E-state index contributed by atoms with van der Waals surface area (Å²) in [6.07, 6.45) is 4.01. The van der Waals surface area contributed by atoms with Gasteiger partial charge in [0, 0.05) is 24.7 Å². The molecule has 1 aromatic rings. The van der Waals surface area contributed by atoms with Crippen LogP contribution in [0.15, 0.2) is 18.3 Å². The molecule has 0 spiro atoms. The maximum absolute atomic E-state index is 6.05. The zero-order valence-corrected chi connectivity index (χ0v) is 9.17. The predicted octanol–water partition coefficient (Wildman–Crippen LogP) is 2.60. The minimum Gasteiger partial charge on any atom is -0.357 e. The van der Waals surface area contributed by atoms with Crippen molar-refractivity contribution in [1.29, 1.82) is 0 Å². The highest BCUT2D eigenvalue weighted by molar-refractivity contribution is 6.20. The van der Waals surface area contributed by atoms with E-state index in [-0.39, 0.29) is 0 Å². The average molecular weight is 211 g/mol. The van der Waals surface area contributed by atoms with Gasteiger partial charge < -0.3 is 4.90 Å². The van der Waals surface area contributed by atoms with Crippen molar-refractivity contribution in [2.75, 3.05) is 18.0 Å². The minimum absolute atomic E-state index is 0.357. The van der Waals surface area contributed by atoms with Crippen LogP contribution in [0.1, 0.15) is 18.4 Å². The summed E-state index contributed by atoms with van der Waals surface area (Å²) in [6.45, 7) is 4.16. The maximum atomic E-state index is 6.05. The molecule has 0 bridgehead atoms. The van der Waals surface area contributed by atoms with Crippen molar-refractivity contribution in [1.82, 2.24) is 4.98 Å². The summed E-state index contributed by atoms with van der Waals surface area (Å²) in [5, 5.41) is 0.357. The van der Waals surface area contributed by atoms with E-state index in [1.807, 2.05) is 12.3 Å². The van der Waals surface area contributed by atoms with Gasteiger partial charge in [0.1, 0.15) is 5.82 Å². The van der Waals surface area contributed by atoms with Crippen molar-refractivity contribution in [2.45, 2.75) is 25.1 Å². The van der Waals surface area contributed by atoms with E-state index < -0.39 is 0 Å². The average Bonchev–Trinajstić information content (AvgIpc) is 2.19. The van der Waals surface area contributed by atoms with Crippen LogP contribution in [0, 0.1) is 6.92 Å². The first-order chi connectivity index (χ1) is 6.75. The highest BCUT2D eigenvalue weighted by Crippen LogP contribution is 2.20. The van der Waals surface area contributed by atoms with Gasteiger partial charge in [-0.3, -0.25) is 0 Å². The van der Waals surface area contributed by atoms with Crippen LogP contribution >= 0.6 is 11.6 Å². The van der Waals surface area contributed by atoms with Crippen LogP contribution in [0.4, 0.5) is 5.82 Å². The molecule has 1 saturated heterocycles. The quantitative estimate of drug-likeness (QED) is 0.663. The third-order valence-corrected chi connectivity index (χ3v) is 3.09. The lowest BCUT2D eigenvalue weighted by Crippen LogP contribution is -2.34. The number of rotatable bonds is 1. The molecule has 1 fully saturated rings. The lowest BCUT2D eigenvalue weighted by molar-refractivity contribution is 0.580. The molecule has 0 aliphatic carbocycles. The van der Waals surface area contributed by atoms with E-state index in [0.717, 1.165) is 31.7 Å². The smallest absolute Gasteiger partial charge is 0.128 e. The standard InChI is InChI=1S/C11H15ClN2/c1-9-2-5-13-11(8-9)14-6-3-10(12)4-7-14/h2,5,8,10H,3-4,6-7H2,1H3. The molecule has 3 heteroatoms. The molecule has 2 rings (SSSR count). The largest absolute Gasteiger partial charge is 0.357 e. The zero-order valence-electron chi connectivity index (χ0n) is 8.41. The van der Waals surface area contributed by atoms with Gasteiger partial charge in [0.05, 0.1) is 0 Å². The molecule has 14 heavy (non-hydrogen) atoms. The van der Waals surface area contributed by atoms with Crippen LogP contribution in [0.5, 0.6) is 0 Å². The molecular weight excluding hydrogens is 196 g/mol.